The van der Waals surface area contributed by atoms with Gasteiger partial charge in [0.2, 0.25) is 0 Å². The zero-order valence-corrected chi connectivity index (χ0v) is 22.1. The predicted molar refractivity (Wildman–Crippen MR) is 141 cm³/mol. The maximum absolute atomic E-state index is 13.7. The molecular formula is C29H26F6N4O2. The topological polar surface area (TPSA) is 59.5 Å². The Balaban J connectivity index is 1.52. The van der Waals surface area contributed by atoms with E-state index in [9.17, 15) is 26.3 Å². The summed E-state index contributed by atoms with van der Waals surface area (Å²) in [6.07, 6.45) is -9.14. The number of aromatic nitrogens is 2. The summed E-state index contributed by atoms with van der Waals surface area (Å²) in [7, 11) is 0. The van der Waals surface area contributed by atoms with Crippen molar-refractivity contribution in [1.29, 1.82) is 0 Å². The fourth-order valence-corrected chi connectivity index (χ4v) is 4.75. The van der Waals surface area contributed by atoms with Crippen LogP contribution in [0.5, 0.6) is 0 Å². The summed E-state index contributed by atoms with van der Waals surface area (Å²) in [5.74, 6) is 0.507. The van der Waals surface area contributed by atoms with Gasteiger partial charge in [0, 0.05) is 11.1 Å². The molecule has 0 saturated carbocycles. The molecule has 2 heterocycles. The minimum Gasteiger partial charge on any atom is -0.373 e. The third kappa shape index (κ3) is 6.77. The van der Waals surface area contributed by atoms with Crippen LogP contribution in [-0.4, -0.2) is 40.3 Å². The molecule has 0 unspecified atom stereocenters. The molecule has 0 spiro atoms. The van der Waals surface area contributed by atoms with Gasteiger partial charge in [0.05, 0.1) is 41.9 Å². The average molecular weight is 577 g/mol. The summed E-state index contributed by atoms with van der Waals surface area (Å²) in [4.78, 5) is 15.0. The van der Waals surface area contributed by atoms with E-state index in [2.05, 4.69) is 15.3 Å². The monoisotopic (exact) mass is 576 g/mol. The summed E-state index contributed by atoms with van der Waals surface area (Å²) < 4.78 is 86.0. The number of nitrogens with one attached hydrogen (secondary N) is 1. The van der Waals surface area contributed by atoms with Gasteiger partial charge in [-0.2, -0.15) is 31.4 Å². The third-order valence-electron chi connectivity index (χ3n) is 6.52. The fourth-order valence-electron chi connectivity index (χ4n) is 4.75. The smallest absolute Gasteiger partial charge is 0.373 e. The van der Waals surface area contributed by atoms with Crippen LogP contribution < -0.4 is 5.32 Å². The van der Waals surface area contributed by atoms with E-state index in [1.54, 1.807) is 11.1 Å². The number of hydrogen-bond acceptors (Lipinski definition) is 6. The summed E-state index contributed by atoms with van der Waals surface area (Å²) in [5.41, 5.74) is -0.611. The maximum Gasteiger partial charge on any atom is 0.417 e. The van der Waals surface area contributed by atoms with Crippen molar-refractivity contribution in [1.82, 2.24) is 15.0 Å². The van der Waals surface area contributed by atoms with E-state index in [0.29, 0.717) is 35.2 Å². The Morgan fingerprint density at radius 2 is 1.56 bits per heavy atom. The molecule has 216 valence electrons. The number of rotatable bonds is 6. The van der Waals surface area contributed by atoms with Crippen LogP contribution in [0.3, 0.4) is 0 Å². The Labute approximate surface area is 231 Å². The molecule has 0 aliphatic carbocycles. The molecule has 2 atom stereocenters. The van der Waals surface area contributed by atoms with Crippen LogP contribution in [0.2, 0.25) is 0 Å². The lowest BCUT2D eigenvalue weighted by Crippen LogP contribution is -2.45. The van der Waals surface area contributed by atoms with Gasteiger partial charge in [-0.1, -0.05) is 24.3 Å². The number of morpholine rings is 1. The summed E-state index contributed by atoms with van der Waals surface area (Å²) in [6.45, 7) is 4.84. The van der Waals surface area contributed by atoms with Crippen LogP contribution in [0, 0.1) is 0 Å². The number of nitrogens with zero attached hydrogens (tertiary/aromatic N) is 3. The Hall–Kier alpha value is -3.74. The van der Waals surface area contributed by atoms with Crippen LogP contribution in [0.25, 0.3) is 22.0 Å². The lowest BCUT2D eigenvalue weighted by molar-refractivity contribution is -0.234. The van der Waals surface area contributed by atoms with Gasteiger partial charge in [-0.3, -0.25) is 4.84 Å². The van der Waals surface area contributed by atoms with Crippen LogP contribution in [-0.2, 0) is 28.5 Å². The molecule has 1 aliphatic heterocycles. The van der Waals surface area contributed by atoms with E-state index < -0.39 is 23.5 Å². The normalized spacial score (nSPS) is 18.5. The minimum absolute atomic E-state index is 0.00754. The summed E-state index contributed by atoms with van der Waals surface area (Å²) in [6, 6.07) is 14.3. The van der Waals surface area contributed by atoms with Crippen molar-refractivity contribution >= 4 is 22.4 Å². The number of halogens is 6. The second-order valence-corrected chi connectivity index (χ2v) is 9.84. The van der Waals surface area contributed by atoms with Gasteiger partial charge in [-0.25, -0.2) is 9.97 Å². The highest BCUT2D eigenvalue weighted by atomic mass is 19.4. The van der Waals surface area contributed by atoms with E-state index in [4.69, 9.17) is 9.57 Å². The Morgan fingerprint density at radius 3 is 2.22 bits per heavy atom. The molecule has 0 amide bonds. The van der Waals surface area contributed by atoms with Gasteiger partial charge in [-0.05, 0) is 67.4 Å². The molecule has 1 aromatic heterocycles. The Morgan fingerprint density at radius 1 is 0.878 bits per heavy atom. The number of alkyl halides is 6. The number of benzene rings is 3. The molecule has 1 saturated heterocycles. The summed E-state index contributed by atoms with van der Waals surface area (Å²) in [5, 5.41) is 5.23. The molecule has 0 bridgehead atoms. The van der Waals surface area contributed by atoms with E-state index in [1.165, 1.54) is 42.5 Å². The van der Waals surface area contributed by atoms with E-state index in [-0.39, 0.29) is 36.0 Å². The third-order valence-corrected chi connectivity index (χ3v) is 6.52. The number of fused-ring (bicyclic) bond motifs is 1. The highest BCUT2D eigenvalue weighted by Gasteiger charge is 2.33. The molecule has 1 N–H and O–H groups in total. The molecule has 1 fully saturated rings. The Bertz CT molecular complexity index is 1520. The lowest BCUT2D eigenvalue weighted by Gasteiger charge is -2.34. The standard InChI is InChI=1S/C29H26F6N4O2/c1-17-14-39(15-18(2)41-17)40-16-26-37-25-13-19(22-5-3-4-6-24(22)29(33,34)35)7-12-23(25)27(38-26)36-21-10-8-20(9-11-21)28(30,31)32/h3-13,17-18H,14-16H2,1-2H3,(H,36,37,38)/t17-,18+. The summed E-state index contributed by atoms with van der Waals surface area (Å²) >= 11 is 0. The quantitative estimate of drug-likeness (QED) is 0.238. The first-order valence-electron chi connectivity index (χ1n) is 12.8. The maximum atomic E-state index is 13.7. The van der Waals surface area contributed by atoms with Gasteiger partial charge < -0.3 is 10.1 Å². The molecule has 12 heteroatoms. The number of ether oxygens (including phenoxy) is 1. The number of anilines is 2. The van der Waals surface area contributed by atoms with Gasteiger partial charge in [0.1, 0.15) is 12.4 Å². The zero-order valence-electron chi connectivity index (χ0n) is 22.1. The molecule has 41 heavy (non-hydrogen) atoms. The SMILES string of the molecule is C[C@@H]1CN(OCc2nc(Nc3ccc(C(F)(F)F)cc3)c3ccc(-c4ccccc4C(F)(F)F)cc3n2)C[C@H](C)O1. The molecule has 3 aromatic carbocycles. The van der Waals surface area contributed by atoms with E-state index in [1.807, 2.05) is 13.8 Å². The fraction of sp³-hybridized carbons (Fsp3) is 0.310. The van der Waals surface area contributed by atoms with Crippen molar-refractivity contribution in [2.75, 3.05) is 18.4 Å². The van der Waals surface area contributed by atoms with Crippen LogP contribution in [0.15, 0.2) is 66.7 Å². The van der Waals surface area contributed by atoms with Crippen LogP contribution in [0.4, 0.5) is 37.8 Å². The first kappa shape index (κ1) is 28.8. The van der Waals surface area contributed by atoms with Crippen molar-refractivity contribution in [2.24, 2.45) is 0 Å². The van der Waals surface area contributed by atoms with E-state index >= 15 is 0 Å². The molecule has 0 radical (unpaired) electrons. The number of hydroxylamine groups is 2. The molecule has 1 aliphatic rings. The Kier molecular flexibility index (Phi) is 7.91. The molecular weight excluding hydrogens is 550 g/mol. The van der Waals surface area contributed by atoms with E-state index in [0.717, 1.165) is 18.2 Å². The van der Waals surface area contributed by atoms with Gasteiger partial charge >= 0.3 is 12.4 Å². The lowest BCUT2D eigenvalue weighted by atomic mass is 9.98. The second kappa shape index (κ2) is 11.3. The van der Waals surface area contributed by atoms with Gasteiger partial charge in [-0.15, -0.1) is 0 Å². The predicted octanol–water partition coefficient (Wildman–Crippen LogP) is 7.62. The van der Waals surface area contributed by atoms with Crippen molar-refractivity contribution in [3.8, 4) is 11.1 Å². The first-order chi connectivity index (χ1) is 19.4. The minimum atomic E-state index is -4.56. The average Bonchev–Trinajstić information content (AvgIpc) is 2.90. The van der Waals surface area contributed by atoms with Gasteiger partial charge in [0.15, 0.2) is 5.82 Å². The molecule has 4 aromatic rings. The van der Waals surface area contributed by atoms with Crippen molar-refractivity contribution in [3.05, 3.63) is 83.7 Å². The van der Waals surface area contributed by atoms with Crippen LogP contribution in [0.1, 0.15) is 30.8 Å². The highest BCUT2D eigenvalue weighted by molar-refractivity contribution is 5.93. The second-order valence-electron chi connectivity index (χ2n) is 9.84. The largest absolute Gasteiger partial charge is 0.417 e. The van der Waals surface area contributed by atoms with Crippen LogP contribution >= 0.6 is 0 Å². The van der Waals surface area contributed by atoms with Gasteiger partial charge in [0.25, 0.3) is 0 Å². The molecule has 6 nitrogen and oxygen atoms in total. The molecule has 5 rings (SSSR count). The number of hydrogen-bond donors (Lipinski definition) is 1. The van der Waals surface area contributed by atoms with Crippen molar-refractivity contribution in [3.63, 3.8) is 0 Å². The first-order valence-corrected chi connectivity index (χ1v) is 12.8. The highest BCUT2D eigenvalue weighted by Crippen LogP contribution is 2.38. The van der Waals surface area contributed by atoms with Crippen molar-refractivity contribution in [2.45, 2.75) is 45.0 Å². The van der Waals surface area contributed by atoms with Crippen molar-refractivity contribution < 1.29 is 35.9 Å². The zero-order chi connectivity index (χ0) is 29.4.